The molecule has 5 heteroatoms. The molecule has 0 saturated heterocycles. The first-order chi connectivity index (χ1) is 12.4. The molecule has 27 heavy (non-hydrogen) atoms. The average molecular weight is 386 g/mol. The Hall–Kier alpha value is -1.88. The summed E-state index contributed by atoms with van der Waals surface area (Å²) in [6, 6.07) is 0. The van der Waals surface area contributed by atoms with Gasteiger partial charge in [0.15, 0.2) is 23.3 Å². The molecule has 152 valence electrons. The minimum Gasteiger partial charge on any atom is -0.385 e. The lowest BCUT2D eigenvalue weighted by Gasteiger charge is -2.17. The SMILES string of the molecule is C=C(C)/C(F)=C(/F)C(=C)C(=C)/C(F)=C(/F)C(=C)C(C)CCC(C)CCOC. The second kappa shape index (κ2) is 11.8. The molecule has 0 aromatic heterocycles. The maximum Gasteiger partial charge on any atom is 0.166 e. The van der Waals surface area contributed by atoms with Gasteiger partial charge in [0.05, 0.1) is 0 Å². The van der Waals surface area contributed by atoms with Crippen molar-refractivity contribution in [2.75, 3.05) is 13.7 Å². The zero-order chi connectivity index (χ0) is 21.3. The summed E-state index contributed by atoms with van der Waals surface area (Å²) in [5.41, 5.74) is -1.57. The number of methoxy groups -OCH3 is 1. The minimum atomic E-state index is -1.42. The lowest BCUT2D eigenvalue weighted by atomic mass is 9.90. The lowest BCUT2D eigenvalue weighted by Crippen LogP contribution is -2.06. The summed E-state index contributed by atoms with van der Waals surface area (Å²) < 4.78 is 61.3. The fourth-order valence-corrected chi connectivity index (χ4v) is 2.25. The van der Waals surface area contributed by atoms with Gasteiger partial charge in [0.25, 0.3) is 0 Å². The van der Waals surface area contributed by atoms with E-state index in [0.29, 0.717) is 18.9 Å². The molecule has 2 unspecified atom stereocenters. The summed E-state index contributed by atoms with van der Waals surface area (Å²) >= 11 is 0. The van der Waals surface area contributed by atoms with Crippen molar-refractivity contribution in [2.24, 2.45) is 11.8 Å². The molecule has 0 aliphatic rings. The molecule has 0 radical (unpaired) electrons. The third-order valence-electron chi connectivity index (χ3n) is 4.44. The molecular formula is C22H30F4O. The standard InChI is InChI=1S/C22H30F4O/c1-13(2)19(23)21(25)17(6)18(7)22(26)20(24)16(5)15(4)10-9-14(3)11-12-27-8/h14-15H,1,5-7,9-12H2,2-4,8H3/b21-19-,22-20-. The topological polar surface area (TPSA) is 9.23 Å². The third-order valence-corrected chi connectivity index (χ3v) is 4.44. The summed E-state index contributed by atoms with van der Waals surface area (Å²) in [7, 11) is 1.63. The fraction of sp³-hybridized carbons (Fsp3) is 0.455. The predicted octanol–water partition coefficient (Wildman–Crippen LogP) is 7.62. The Morgan fingerprint density at radius 3 is 1.70 bits per heavy atom. The van der Waals surface area contributed by atoms with Gasteiger partial charge in [-0.25, -0.2) is 17.6 Å². The van der Waals surface area contributed by atoms with E-state index in [1.54, 1.807) is 14.0 Å². The van der Waals surface area contributed by atoms with Crippen molar-refractivity contribution >= 4 is 0 Å². The lowest BCUT2D eigenvalue weighted by molar-refractivity contribution is 0.177. The highest BCUT2D eigenvalue weighted by Gasteiger charge is 2.22. The molecule has 0 aliphatic carbocycles. The Morgan fingerprint density at radius 2 is 1.26 bits per heavy atom. The molecule has 0 amide bonds. The van der Waals surface area contributed by atoms with Crippen LogP contribution in [0.3, 0.4) is 0 Å². The Morgan fingerprint density at radius 1 is 0.778 bits per heavy atom. The van der Waals surface area contributed by atoms with Crippen LogP contribution in [0.1, 0.15) is 40.0 Å². The molecule has 0 spiro atoms. The van der Waals surface area contributed by atoms with Crippen LogP contribution in [-0.4, -0.2) is 13.7 Å². The molecule has 2 atom stereocenters. The van der Waals surface area contributed by atoms with Crippen molar-refractivity contribution < 1.29 is 22.3 Å². The van der Waals surface area contributed by atoms with Crippen LogP contribution in [0.2, 0.25) is 0 Å². The number of allylic oxidation sites excluding steroid dienone is 8. The number of hydrogen-bond donors (Lipinski definition) is 0. The van der Waals surface area contributed by atoms with E-state index in [0.717, 1.165) is 12.8 Å². The highest BCUT2D eigenvalue weighted by Crippen LogP contribution is 2.35. The first-order valence-corrected chi connectivity index (χ1v) is 8.79. The Labute approximate surface area is 160 Å². The average Bonchev–Trinajstić information content (AvgIpc) is 2.65. The highest BCUT2D eigenvalue weighted by atomic mass is 19.2. The zero-order valence-electron chi connectivity index (χ0n) is 16.7. The molecule has 0 saturated carbocycles. The number of ether oxygens (including phenoxy) is 1. The van der Waals surface area contributed by atoms with Crippen molar-refractivity contribution in [1.82, 2.24) is 0 Å². The van der Waals surface area contributed by atoms with Crippen molar-refractivity contribution in [2.45, 2.75) is 40.0 Å². The Kier molecular flexibility index (Phi) is 10.9. The van der Waals surface area contributed by atoms with Gasteiger partial charge >= 0.3 is 0 Å². The van der Waals surface area contributed by atoms with Gasteiger partial charge in [0.1, 0.15) is 0 Å². The quantitative estimate of drug-likeness (QED) is 0.248. The van der Waals surface area contributed by atoms with E-state index < -0.39 is 34.5 Å². The van der Waals surface area contributed by atoms with E-state index in [1.807, 2.05) is 0 Å². The number of rotatable bonds is 12. The van der Waals surface area contributed by atoms with E-state index in [1.165, 1.54) is 6.92 Å². The fourth-order valence-electron chi connectivity index (χ4n) is 2.25. The van der Waals surface area contributed by atoms with Gasteiger partial charge in [0, 0.05) is 24.9 Å². The van der Waals surface area contributed by atoms with Crippen molar-refractivity contribution in [3.8, 4) is 0 Å². The zero-order valence-corrected chi connectivity index (χ0v) is 16.7. The minimum absolute atomic E-state index is 0.0508. The predicted molar refractivity (Wildman–Crippen MR) is 105 cm³/mol. The largest absolute Gasteiger partial charge is 0.385 e. The summed E-state index contributed by atoms with van der Waals surface area (Å²) in [4.78, 5) is 0. The van der Waals surface area contributed by atoms with E-state index in [-0.39, 0.29) is 17.1 Å². The first kappa shape index (κ1) is 25.1. The van der Waals surface area contributed by atoms with E-state index in [4.69, 9.17) is 4.74 Å². The van der Waals surface area contributed by atoms with Crippen LogP contribution in [0.4, 0.5) is 17.6 Å². The summed E-state index contributed by atoms with van der Waals surface area (Å²) in [6.07, 6.45) is 2.28. The Balaban J connectivity index is 5.17. The number of hydrogen-bond acceptors (Lipinski definition) is 1. The van der Waals surface area contributed by atoms with Crippen molar-refractivity contribution in [3.63, 3.8) is 0 Å². The van der Waals surface area contributed by atoms with Gasteiger partial charge in [-0.3, -0.25) is 0 Å². The molecule has 0 aromatic carbocycles. The smallest absolute Gasteiger partial charge is 0.166 e. The van der Waals surface area contributed by atoms with Crippen molar-refractivity contribution in [1.29, 1.82) is 0 Å². The van der Waals surface area contributed by atoms with Gasteiger partial charge in [-0.05, 0) is 42.7 Å². The maximum absolute atomic E-state index is 14.4. The molecule has 1 nitrogen and oxygen atoms in total. The van der Waals surface area contributed by atoms with Gasteiger partial charge in [0.2, 0.25) is 0 Å². The van der Waals surface area contributed by atoms with Crippen molar-refractivity contribution in [3.05, 3.63) is 71.9 Å². The second-order valence-corrected chi connectivity index (χ2v) is 6.88. The molecule has 0 aromatic rings. The number of halogens is 4. The van der Waals surface area contributed by atoms with E-state index in [9.17, 15) is 17.6 Å². The van der Waals surface area contributed by atoms with E-state index >= 15 is 0 Å². The highest BCUT2D eigenvalue weighted by molar-refractivity contribution is 5.53. The monoisotopic (exact) mass is 386 g/mol. The van der Waals surface area contributed by atoms with Crippen LogP contribution in [-0.2, 0) is 4.74 Å². The molecule has 0 fully saturated rings. The van der Waals surface area contributed by atoms with Gasteiger partial charge in [-0.2, -0.15) is 0 Å². The normalized spacial score (nSPS) is 15.4. The second-order valence-electron chi connectivity index (χ2n) is 6.88. The van der Waals surface area contributed by atoms with E-state index in [2.05, 4.69) is 33.2 Å². The van der Waals surface area contributed by atoms with Crippen LogP contribution in [0, 0.1) is 11.8 Å². The molecular weight excluding hydrogens is 356 g/mol. The molecule has 0 rings (SSSR count). The molecule has 0 heterocycles. The van der Waals surface area contributed by atoms with Crippen LogP contribution in [0.15, 0.2) is 71.9 Å². The third kappa shape index (κ3) is 7.71. The molecule has 0 aliphatic heterocycles. The van der Waals surface area contributed by atoms with Crippen LogP contribution in [0.25, 0.3) is 0 Å². The summed E-state index contributed by atoms with van der Waals surface area (Å²) in [6.45, 7) is 19.1. The first-order valence-electron chi connectivity index (χ1n) is 8.79. The molecule has 0 bridgehead atoms. The van der Waals surface area contributed by atoms with Gasteiger partial charge < -0.3 is 4.74 Å². The van der Waals surface area contributed by atoms with Crippen LogP contribution < -0.4 is 0 Å². The molecule has 0 N–H and O–H groups in total. The van der Waals surface area contributed by atoms with Crippen LogP contribution >= 0.6 is 0 Å². The summed E-state index contributed by atoms with van der Waals surface area (Å²) in [5.74, 6) is -5.26. The Bertz CT molecular complexity index is 655. The van der Waals surface area contributed by atoms with Gasteiger partial charge in [-0.15, -0.1) is 0 Å². The summed E-state index contributed by atoms with van der Waals surface area (Å²) in [5, 5.41) is 0. The van der Waals surface area contributed by atoms with Gasteiger partial charge in [-0.1, -0.05) is 46.6 Å². The maximum atomic E-state index is 14.4. The van der Waals surface area contributed by atoms with Crippen LogP contribution in [0.5, 0.6) is 0 Å².